The van der Waals surface area contributed by atoms with Crippen LogP contribution in [0.2, 0.25) is 0 Å². The number of amides is 3. The standard InChI is InChI=1S/C24H22N6O2S/c1-5-22-27-21(14-33-22)28-24(32)25-12-15-6-8-16(9-7-15)18-10-17(23(31)29(2)3)11-20-19(18)13-26-30(20)4/h1,6-11,13-14H,12H2,2-4H3,(H2,25,28,32). The number of benzene rings is 2. The van der Waals surface area contributed by atoms with Crippen LogP contribution in [0.1, 0.15) is 20.9 Å². The Bertz CT molecular complexity index is 1380. The van der Waals surface area contributed by atoms with E-state index >= 15 is 0 Å². The van der Waals surface area contributed by atoms with Crippen LogP contribution in [0.5, 0.6) is 0 Å². The molecule has 9 heteroatoms. The summed E-state index contributed by atoms with van der Waals surface area (Å²) in [5.41, 5.74) is 4.30. The van der Waals surface area contributed by atoms with Gasteiger partial charge in [-0.25, -0.2) is 9.78 Å². The molecule has 0 aliphatic rings. The van der Waals surface area contributed by atoms with Crippen molar-refractivity contribution in [2.45, 2.75) is 6.54 Å². The van der Waals surface area contributed by atoms with Gasteiger partial charge in [-0.05, 0) is 34.7 Å². The average Bonchev–Trinajstić information content (AvgIpc) is 3.43. The summed E-state index contributed by atoms with van der Waals surface area (Å²) in [6.07, 6.45) is 7.10. The Balaban J connectivity index is 1.51. The molecule has 2 N–H and O–H groups in total. The summed E-state index contributed by atoms with van der Waals surface area (Å²) in [5, 5.41) is 13.0. The highest BCUT2D eigenvalue weighted by Gasteiger charge is 2.15. The van der Waals surface area contributed by atoms with Gasteiger partial charge in [-0.2, -0.15) is 5.10 Å². The van der Waals surface area contributed by atoms with Crippen LogP contribution in [0.4, 0.5) is 10.6 Å². The molecule has 0 unspecified atom stereocenters. The minimum Gasteiger partial charge on any atom is -0.345 e. The second kappa shape index (κ2) is 9.14. The van der Waals surface area contributed by atoms with Crippen molar-refractivity contribution in [2.24, 2.45) is 7.05 Å². The van der Waals surface area contributed by atoms with Gasteiger partial charge in [0.2, 0.25) is 0 Å². The molecule has 0 bridgehead atoms. The molecule has 0 aliphatic carbocycles. The second-order valence-corrected chi connectivity index (χ2v) is 8.47. The van der Waals surface area contributed by atoms with Gasteiger partial charge >= 0.3 is 6.03 Å². The molecular weight excluding hydrogens is 436 g/mol. The fourth-order valence-corrected chi connectivity index (χ4v) is 3.96. The minimum atomic E-state index is -0.361. The molecular formula is C24H22N6O2S. The maximum atomic E-state index is 12.6. The van der Waals surface area contributed by atoms with E-state index in [9.17, 15) is 9.59 Å². The van der Waals surface area contributed by atoms with Crippen LogP contribution in [0.3, 0.4) is 0 Å². The molecule has 8 nitrogen and oxygen atoms in total. The zero-order valence-corrected chi connectivity index (χ0v) is 19.2. The molecule has 0 saturated heterocycles. The van der Waals surface area contributed by atoms with Crippen molar-refractivity contribution in [2.75, 3.05) is 19.4 Å². The number of aryl methyl sites for hydroxylation is 1. The van der Waals surface area contributed by atoms with Crippen LogP contribution in [-0.4, -0.2) is 45.7 Å². The molecule has 0 atom stereocenters. The van der Waals surface area contributed by atoms with E-state index in [1.807, 2.05) is 43.4 Å². The molecule has 0 fully saturated rings. The molecule has 2 aromatic carbocycles. The highest BCUT2D eigenvalue weighted by Crippen LogP contribution is 2.30. The summed E-state index contributed by atoms with van der Waals surface area (Å²) >= 11 is 1.29. The van der Waals surface area contributed by atoms with Crippen molar-refractivity contribution in [3.63, 3.8) is 0 Å². The Morgan fingerprint density at radius 3 is 2.64 bits per heavy atom. The Morgan fingerprint density at radius 1 is 1.21 bits per heavy atom. The van der Waals surface area contributed by atoms with E-state index in [0.29, 0.717) is 22.9 Å². The Hall–Kier alpha value is -4.16. The Labute approximate surface area is 195 Å². The highest BCUT2D eigenvalue weighted by atomic mass is 32.1. The zero-order valence-electron chi connectivity index (χ0n) is 18.4. The highest BCUT2D eigenvalue weighted by molar-refractivity contribution is 7.10. The SMILES string of the molecule is C#Cc1nc(NC(=O)NCc2ccc(-c3cc(C(=O)N(C)C)cc4c3cnn4C)cc2)cs1. The fraction of sp³-hybridized carbons (Fsp3) is 0.167. The van der Waals surface area contributed by atoms with Crippen LogP contribution in [0, 0.1) is 12.3 Å². The van der Waals surface area contributed by atoms with E-state index in [0.717, 1.165) is 27.6 Å². The number of rotatable bonds is 5. The van der Waals surface area contributed by atoms with Crippen molar-refractivity contribution in [1.29, 1.82) is 0 Å². The van der Waals surface area contributed by atoms with Gasteiger partial charge in [0.1, 0.15) is 5.82 Å². The third kappa shape index (κ3) is 4.71. The van der Waals surface area contributed by atoms with E-state index in [1.165, 1.54) is 11.3 Å². The number of terminal acetylenes is 1. The first-order chi connectivity index (χ1) is 15.9. The molecule has 166 valence electrons. The van der Waals surface area contributed by atoms with Crippen LogP contribution in [0.25, 0.3) is 22.0 Å². The van der Waals surface area contributed by atoms with Gasteiger partial charge in [0, 0.05) is 44.0 Å². The van der Waals surface area contributed by atoms with E-state index in [1.54, 1.807) is 35.3 Å². The molecule has 0 aliphatic heterocycles. The summed E-state index contributed by atoms with van der Waals surface area (Å²) in [6.45, 7) is 0.347. The lowest BCUT2D eigenvalue weighted by Gasteiger charge is -2.13. The topological polar surface area (TPSA) is 92.2 Å². The molecule has 3 amide bonds. The number of thiazole rings is 1. The number of carbonyl (C=O) groups excluding carboxylic acids is 2. The zero-order chi connectivity index (χ0) is 23.5. The first kappa shape index (κ1) is 22.0. The normalized spacial score (nSPS) is 10.6. The number of nitrogens with one attached hydrogen (secondary N) is 2. The molecule has 33 heavy (non-hydrogen) atoms. The number of aromatic nitrogens is 3. The monoisotopic (exact) mass is 458 g/mol. The van der Waals surface area contributed by atoms with Crippen molar-refractivity contribution >= 4 is 40.0 Å². The molecule has 0 radical (unpaired) electrons. The van der Waals surface area contributed by atoms with Gasteiger partial charge in [-0.1, -0.05) is 24.3 Å². The lowest BCUT2D eigenvalue weighted by atomic mass is 9.97. The Kier molecular flexibility index (Phi) is 6.11. The van der Waals surface area contributed by atoms with Gasteiger partial charge in [0.25, 0.3) is 5.91 Å². The minimum absolute atomic E-state index is 0.0688. The lowest BCUT2D eigenvalue weighted by molar-refractivity contribution is 0.0827. The maximum absolute atomic E-state index is 12.6. The van der Waals surface area contributed by atoms with E-state index < -0.39 is 0 Å². The predicted molar refractivity (Wildman–Crippen MR) is 130 cm³/mol. The van der Waals surface area contributed by atoms with E-state index in [2.05, 4.69) is 26.6 Å². The number of hydrogen-bond donors (Lipinski definition) is 2. The van der Waals surface area contributed by atoms with E-state index in [4.69, 9.17) is 6.42 Å². The van der Waals surface area contributed by atoms with Crippen LogP contribution >= 0.6 is 11.3 Å². The first-order valence-electron chi connectivity index (χ1n) is 10.1. The average molecular weight is 459 g/mol. The number of urea groups is 1. The number of fused-ring (bicyclic) bond motifs is 1. The number of carbonyl (C=O) groups is 2. The van der Waals surface area contributed by atoms with Gasteiger partial charge in [-0.15, -0.1) is 17.8 Å². The largest absolute Gasteiger partial charge is 0.345 e. The summed E-state index contributed by atoms with van der Waals surface area (Å²) < 4.78 is 1.76. The van der Waals surface area contributed by atoms with Crippen molar-refractivity contribution < 1.29 is 9.59 Å². The summed E-state index contributed by atoms with van der Waals surface area (Å²) in [7, 11) is 5.32. The van der Waals surface area contributed by atoms with Crippen molar-refractivity contribution in [1.82, 2.24) is 25.0 Å². The molecule has 2 heterocycles. The molecule has 2 aromatic heterocycles. The van der Waals surface area contributed by atoms with Gasteiger partial charge in [-0.3, -0.25) is 14.8 Å². The third-order valence-electron chi connectivity index (χ3n) is 5.11. The number of nitrogens with zero attached hydrogens (tertiary/aromatic N) is 4. The van der Waals surface area contributed by atoms with Crippen LogP contribution < -0.4 is 10.6 Å². The molecule has 0 saturated carbocycles. The molecule has 0 spiro atoms. The maximum Gasteiger partial charge on any atom is 0.320 e. The van der Waals surface area contributed by atoms with Gasteiger partial charge in [0.15, 0.2) is 5.01 Å². The lowest BCUT2D eigenvalue weighted by Crippen LogP contribution is -2.28. The molecule has 4 aromatic rings. The third-order valence-corrected chi connectivity index (χ3v) is 5.88. The second-order valence-electron chi connectivity index (χ2n) is 7.61. The van der Waals surface area contributed by atoms with E-state index in [-0.39, 0.29) is 11.9 Å². The summed E-state index contributed by atoms with van der Waals surface area (Å²) in [6, 6.07) is 11.2. The summed E-state index contributed by atoms with van der Waals surface area (Å²) in [4.78, 5) is 30.4. The Morgan fingerprint density at radius 2 is 1.97 bits per heavy atom. The van der Waals surface area contributed by atoms with Crippen LogP contribution in [0.15, 0.2) is 48.0 Å². The van der Waals surface area contributed by atoms with Crippen molar-refractivity contribution in [3.05, 3.63) is 64.1 Å². The van der Waals surface area contributed by atoms with Crippen molar-refractivity contribution in [3.8, 4) is 23.5 Å². The predicted octanol–water partition coefficient (Wildman–Crippen LogP) is 3.70. The van der Waals surface area contributed by atoms with Crippen LogP contribution in [-0.2, 0) is 13.6 Å². The quantitative estimate of drug-likeness (QED) is 0.446. The number of anilines is 1. The number of hydrogen-bond acceptors (Lipinski definition) is 5. The first-order valence-corrected chi connectivity index (χ1v) is 11.0. The van der Waals surface area contributed by atoms with Gasteiger partial charge in [0.05, 0.1) is 11.7 Å². The fourth-order valence-electron chi connectivity index (χ4n) is 3.41. The smallest absolute Gasteiger partial charge is 0.320 e. The van der Waals surface area contributed by atoms with Gasteiger partial charge < -0.3 is 10.2 Å². The molecule has 4 rings (SSSR count). The summed E-state index contributed by atoms with van der Waals surface area (Å²) in [5.74, 6) is 2.79.